The first kappa shape index (κ1) is 54.9. The fraction of sp³-hybridized carbons (Fsp3) is 0.467. The maximum absolute atomic E-state index is 13.8. The number of carbonyl (C=O) groups excluding carboxylic acids is 2. The van der Waals surface area contributed by atoms with E-state index in [4.69, 9.17) is 9.47 Å². The Morgan fingerprint density at radius 1 is 0.627 bits per heavy atom. The van der Waals surface area contributed by atoms with Gasteiger partial charge in [0.05, 0.1) is 61.4 Å². The monoisotopic (exact) mass is 1040 g/mol. The Morgan fingerprint density at radius 3 is 1.52 bits per heavy atom. The normalized spacial score (nSPS) is 15.6. The number of hydrogen-bond acceptors (Lipinski definition) is 10. The molecule has 6 heterocycles. The van der Waals surface area contributed by atoms with E-state index in [0.717, 1.165) is 123 Å². The second-order valence-corrected chi connectivity index (χ2v) is 21.6. The summed E-state index contributed by atoms with van der Waals surface area (Å²) in [6.07, 6.45) is 13.4. The van der Waals surface area contributed by atoms with Crippen molar-refractivity contribution in [3.63, 3.8) is 0 Å². The molecule has 0 atom stereocenters. The number of aromatic nitrogens is 4. The lowest BCUT2D eigenvalue weighted by molar-refractivity contribution is 0.0977. The summed E-state index contributed by atoms with van der Waals surface area (Å²) in [5, 5.41) is 19.2. The van der Waals surface area contributed by atoms with Crippen LogP contribution in [0.1, 0.15) is 119 Å². The van der Waals surface area contributed by atoms with E-state index < -0.39 is 0 Å². The predicted molar refractivity (Wildman–Crippen MR) is 305 cm³/mol. The number of anilines is 6. The number of carbonyl (C=O) groups is 2. The van der Waals surface area contributed by atoms with Crippen molar-refractivity contribution in [3.05, 3.63) is 130 Å². The summed E-state index contributed by atoms with van der Waals surface area (Å²) in [6, 6.07) is 23.8. The van der Waals surface area contributed by atoms with Gasteiger partial charge in [0.1, 0.15) is 23.1 Å². The van der Waals surface area contributed by atoms with Crippen molar-refractivity contribution < 1.29 is 19.1 Å². The summed E-state index contributed by atoms with van der Waals surface area (Å²) in [4.78, 5) is 33.9. The first-order valence-corrected chi connectivity index (χ1v) is 27.1. The first-order chi connectivity index (χ1) is 35.8. The van der Waals surface area contributed by atoms with Gasteiger partial charge in [-0.15, -0.1) is 12.4 Å². The van der Waals surface area contributed by atoms with Crippen LogP contribution in [0.3, 0.4) is 0 Å². The van der Waals surface area contributed by atoms with Crippen LogP contribution in [0.5, 0.6) is 11.5 Å². The van der Waals surface area contributed by atoms with E-state index in [1.54, 1.807) is 0 Å². The molecule has 0 radical (unpaired) electrons. The summed E-state index contributed by atoms with van der Waals surface area (Å²) >= 11 is 0. The van der Waals surface area contributed by atoms with Crippen molar-refractivity contribution in [3.8, 4) is 11.5 Å². The Labute approximate surface area is 450 Å². The Balaban J connectivity index is 0.000000198. The first-order valence-electron chi connectivity index (χ1n) is 27.1. The third kappa shape index (κ3) is 13.4. The van der Waals surface area contributed by atoms with Crippen molar-refractivity contribution in [2.75, 3.05) is 66.4 Å². The van der Waals surface area contributed by atoms with E-state index in [1.807, 2.05) is 120 Å². The van der Waals surface area contributed by atoms with Crippen LogP contribution in [-0.4, -0.2) is 82.2 Å². The second kappa shape index (κ2) is 25.0. The predicted octanol–water partition coefficient (Wildman–Crippen LogP) is 12.0. The minimum atomic E-state index is -0.0332. The van der Waals surface area contributed by atoms with E-state index in [1.165, 1.54) is 58.2 Å². The van der Waals surface area contributed by atoms with Crippen molar-refractivity contribution in [2.24, 2.45) is 31.8 Å². The largest absolute Gasteiger partial charge is 0.493 e. The van der Waals surface area contributed by atoms with Crippen LogP contribution in [0.2, 0.25) is 0 Å². The molecule has 0 bridgehead atoms. The van der Waals surface area contributed by atoms with Gasteiger partial charge in [-0.25, -0.2) is 0 Å². The smallest absolute Gasteiger partial charge is 0.258 e. The van der Waals surface area contributed by atoms with E-state index in [0.29, 0.717) is 37.4 Å². The van der Waals surface area contributed by atoms with Crippen molar-refractivity contribution >= 4 is 58.6 Å². The standard InChI is InChI=1S/C32H43N5O2.C28H35N5O2.ClH/c1-22(2)20-36-14-12-25(13-15-36)7-6-16-39-30-11-9-26(18-24(30)4)32(38)37-21-27-19-33-35(5)31(27)34-28-17-23(3)8-10-29(28)37;1-19-6-8-25-24(15-19)31-27-23(17-30-32(27)3)18-33(25)28(34)22-7-9-26(20(2)16-22)35-14-4-5-21-10-12-29-13-11-21;/h8-11,17-19,22,25,34H,6-7,12-16,20-21H2,1-5H3;6-9,15-17,21,29,31H,4-5,10-14,18H2,1-3H3;1H. The highest BCUT2D eigenvalue weighted by Gasteiger charge is 2.29. The molecule has 4 aliphatic heterocycles. The van der Waals surface area contributed by atoms with Gasteiger partial charge in [0.2, 0.25) is 0 Å². The number of benzene rings is 4. The zero-order valence-corrected chi connectivity index (χ0v) is 46.3. The molecule has 10 rings (SSSR count). The Hall–Kier alpha value is -6.35. The molecule has 75 heavy (non-hydrogen) atoms. The molecule has 0 spiro atoms. The van der Waals surface area contributed by atoms with Gasteiger partial charge in [0, 0.05) is 42.9 Å². The number of amides is 2. The van der Waals surface area contributed by atoms with Gasteiger partial charge in [-0.05, 0) is 206 Å². The average molecular weight is 1040 g/mol. The number of likely N-dealkylation sites (tertiary alicyclic amines) is 1. The lowest BCUT2D eigenvalue weighted by Gasteiger charge is -2.33. The molecule has 4 aliphatic rings. The van der Waals surface area contributed by atoms with Crippen molar-refractivity contribution in [1.82, 2.24) is 29.8 Å². The number of aryl methyl sites for hydroxylation is 6. The third-order valence-electron chi connectivity index (χ3n) is 15.2. The van der Waals surface area contributed by atoms with Gasteiger partial charge >= 0.3 is 0 Å². The number of hydrogen-bond donors (Lipinski definition) is 3. The number of halogens is 1. The topological polar surface area (TPSA) is 134 Å². The van der Waals surface area contributed by atoms with Crippen LogP contribution in [0.4, 0.5) is 34.4 Å². The van der Waals surface area contributed by atoms with E-state index >= 15 is 0 Å². The van der Waals surface area contributed by atoms with Crippen LogP contribution in [0.25, 0.3) is 0 Å². The summed E-state index contributed by atoms with van der Waals surface area (Å²) in [6.45, 7) is 21.1. The highest BCUT2D eigenvalue weighted by Crippen LogP contribution is 2.39. The maximum Gasteiger partial charge on any atom is 0.258 e. The quantitative estimate of drug-likeness (QED) is 0.0906. The molecule has 2 aromatic heterocycles. The molecule has 0 unspecified atom stereocenters. The minimum absolute atomic E-state index is 0. The molecular weight excluding hydrogens is 960 g/mol. The number of ether oxygens (including phenoxy) is 2. The van der Waals surface area contributed by atoms with Crippen LogP contribution < -0.4 is 35.2 Å². The summed E-state index contributed by atoms with van der Waals surface area (Å²) in [5.41, 5.74) is 11.1. The molecule has 0 saturated carbocycles. The molecule has 14 nitrogen and oxygen atoms in total. The zero-order chi connectivity index (χ0) is 51.9. The van der Waals surface area contributed by atoms with Crippen molar-refractivity contribution in [1.29, 1.82) is 0 Å². The lowest BCUT2D eigenvalue weighted by atomic mass is 9.92. The lowest BCUT2D eigenvalue weighted by Crippen LogP contribution is -2.36. The highest BCUT2D eigenvalue weighted by atomic mass is 35.5. The molecule has 15 heteroatoms. The van der Waals surface area contributed by atoms with Crippen LogP contribution in [-0.2, 0) is 27.2 Å². The fourth-order valence-electron chi connectivity index (χ4n) is 11.1. The summed E-state index contributed by atoms with van der Waals surface area (Å²) in [7, 11) is 3.82. The molecule has 400 valence electrons. The molecule has 2 amide bonds. The van der Waals surface area contributed by atoms with Crippen LogP contribution in [0.15, 0.2) is 85.2 Å². The number of nitrogens with one attached hydrogen (secondary N) is 3. The fourth-order valence-corrected chi connectivity index (χ4v) is 11.1. The van der Waals surface area contributed by atoms with Crippen molar-refractivity contribution in [2.45, 2.75) is 106 Å². The van der Waals surface area contributed by atoms with Gasteiger partial charge in [-0.3, -0.25) is 19.0 Å². The van der Waals surface area contributed by atoms with E-state index in [2.05, 4.69) is 70.9 Å². The molecule has 2 fully saturated rings. The third-order valence-corrected chi connectivity index (χ3v) is 15.2. The van der Waals surface area contributed by atoms with Gasteiger partial charge in [-0.2, -0.15) is 10.2 Å². The molecule has 3 N–H and O–H groups in total. The minimum Gasteiger partial charge on any atom is -0.493 e. The molecule has 6 aromatic rings. The second-order valence-electron chi connectivity index (χ2n) is 21.6. The SMILES string of the molecule is Cc1ccc2c(c1)Nc1c(cnn1C)CN2C(=O)c1ccc(OCCCC2CCN(CC(C)C)CC2)c(C)c1.Cc1ccc2c(c1)Nc1c(cnn1C)CN2C(=O)c1ccc(OCCCC2CCNCC2)c(C)c1.Cl. The number of piperidine rings is 2. The van der Waals surface area contributed by atoms with Gasteiger partial charge in [-0.1, -0.05) is 26.0 Å². The summed E-state index contributed by atoms with van der Waals surface area (Å²) in [5.74, 6) is 5.86. The Morgan fingerprint density at radius 2 is 1.08 bits per heavy atom. The average Bonchev–Trinajstić information content (AvgIpc) is 3.79. The number of fused-ring (bicyclic) bond motifs is 4. The Bertz CT molecular complexity index is 2920. The van der Waals surface area contributed by atoms with E-state index in [-0.39, 0.29) is 24.2 Å². The zero-order valence-electron chi connectivity index (χ0n) is 45.5. The number of rotatable bonds is 14. The molecule has 4 aromatic carbocycles. The van der Waals surface area contributed by atoms with Gasteiger partial charge < -0.3 is 40.1 Å². The van der Waals surface area contributed by atoms with Gasteiger partial charge in [0.15, 0.2) is 0 Å². The maximum atomic E-state index is 13.8. The molecular formula is C60H79ClN10O4. The molecule has 2 saturated heterocycles. The number of nitrogens with zero attached hydrogens (tertiary/aromatic N) is 7. The van der Waals surface area contributed by atoms with Gasteiger partial charge in [0.25, 0.3) is 11.8 Å². The highest BCUT2D eigenvalue weighted by molar-refractivity contribution is 6.09. The summed E-state index contributed by atoms with van der Waals surface area (Å²) < 4.78 is 15.9. The van der Waals surface area contributed by atoms with Crippen LogP contribution in [0, 0.1) is 45.4 Å². The van der Waals surface area contributed by atoms with E-state index in [9.17, 15) is 9.59 Å². The Kier molecular flexibility index (Phi) is 18.3. The van der Waals surface area contributed by atoms with Crippen LogP contribution >= 0.6 is 12.4 Å². The molecule has 0 aliphatic carbocycles.